The van der Waals surface area contributed by atoms with Crippen molar-refractivity contribution in [1.29, 1.82) is 5.26 Å². The smallest absolute Gasteiger partial charge is 0.126 e. The van der Waals surface area contributed by atoms with Gasteiger partial charge in [0.25, 0.3) is 0 Å². The van der Waals surface area contributed by atoms with Crippen molar-refractivity contribution in [3.05, 3.63) is 24.0 Å². The van der Waals surface area contributed by atoms with E-state index in [2.05, 4.69) is 6.07 Å². The first-order valence-electron chi connectivity index (χ1n) is 5.20. The van der Waals surface area contributed by atoms with E-state index >= 15 is 0 Å². The van der Waals surface area contributed by atoms with Crippen molar-refractivity contribution in [1.82, 2.24) is 0 Å². The Labute approximate surface area is 103 Å². The molecule has 0 spiro atoms. The maximum absolute atomic E-state index is 13.1. The second-order valence-electron chi connectivity index (χ2n) is 4.52. The minimum Gasteiger partial charge on any atom is -0.399 e. The Balaban J connectivity index is 2.75. The van der Waals surface area contributed by atoms with Crippen LogP contribution in [0.3, 0.4) is 0 Å². The number of rotatable bonds is 4. The number of nitrogen functional groups attached to an aromatic ring is 1. The van der Waals surface area contributed by atoms with Gasteiger partial charge >= 0.3 is 0 Å². The highest BCUT2D eigenvalue weighted by atomic mass is 32.2. The summed E-state index contributed by atoms with van der Waals surface area (Å²) < 4.78 is 25.0. The summed E-state index contributed by atoms with van der Waals surface area (Å²) in [6, 6.07) is 6.03. The fourth-order valence-electron chi connectivity index (χ4n) is 1.24. The van der Waals surface area contributed by atoms with E-state index in [9.17, 15) is 8.60 Å². The van der Waals surface area contributed by atoms with Crippen LogP contribution >= 0.6 is 0 Å². The van der Waals surface area contributed by atoms with Crippen molar-refractivity contribution >= 4 is 16.5 Å². The van der Waals surface area contributed by atoms with Crippen molar-refractivity contribution in [3.8, 4) is 6.07 Å². The van der Waals surface area contributed by atoms with Gasteiger partial charge in [0.15, 0.2) is 0 Å². The first kappa shape index (κ1) is 13.7. The van der Waals surface area contributed by atoms with Crippen LogP contribution in [0.4, 0.5) is 10.1 Å². The first-order valence-corrected chi connectivity index (χ1v) is 6.52. The average molecular weight is 254 g/mol. The highest BCUT2D eigenvalue weighted by Crippen LogP contribution is 2.21. The molecule has 0 saturated carbocycles. The second kappa shape index (κ2) is 5.28. The summed E-state index contributed by atoms with van der Waals surface area (Å²) >= 11 is 0. The normalized spacial score (nSPS) is 13.1. The molecule has 0 radical (unpaired) electrons. The van der Waals surface area contributed by atoms with Crippen molar-refractivity contribution < 1.29 is 8.60 Å². The van der Waals surface area contributed by atoms with Crippen molar-refractivity contribution in [2.24, 2.45) is 5.41 Å². The van der Waals surface area contributed by atoms with Crippen molar-refractivity contribution in [2.75, 3.05) is 11.5 Å². The van der Waals surface area contributed by atoms with E-state index in [4.69, 9.17) is 11.0 Å². The first-order chi connectivity index (χ1) is 7.84. The highest BCUT2D eigenvalue weighted by molar-refractivity contribution is 7.85. The largest absolute Gasteiger partial charge is 0.399 e. The molecule has 1 aromatic rings. The Bertz CT molecular complexity index is 460. The zero-order chi connectivity index (χ0) is 13.1. The fraction of sp³-hybridized carbons (Fsp3) is 0.417. The highest BCUT2D eigenvalue weighted by Gasteiger charge is 2.18. The maximum Gasteiger partial charge on any atom is 0.126 e. The Morgan fingerprint density at radius 1 is 1.47 bits per heavy atom. The van der Waals surface area contributed by atoms with E-state index in [0.29, 0.717) is 17.1 Å². The molecule has 0 saturated heterocycles. The molecule has 0 fully saturated rings. The van der Waals surface area contributed by atoms with Crippen LogP contribution in [-0.4, -0.2) is 9.96 Å². The van der Waals surface area contributed by atoms with Gasteiger partial charge < -0.3 is 5.73 Å². The SMILES string of the molecule is CC(C)(C#N)CCS(=O)c1cc(N)cc(F)c1. The van der Waals surface area contributed by atoms with Crippen molar-refractivity contribution in [2.45, 2.75) is 25.2 Å². The molecule has 1 unspecified atom stereocenters. The van der Waals surface area contributed by atoms with Gasteiger partial charge in [0.05, 0.1) is 22.3 Å². The molecule has 0 aliphatic rings. The molecular formula is C12H15FN2OS. The van der Waals surface area contributed by atoms with Crippen LogP contribution in [0.2, 0.25) is 0 Å². The van der Waals surface area contributed by atoms with Crippen LogP contribution in [0.15, 0.2) is 23.1 Å². The Kier molecular flexibility index (Phi) is 4.24. The summed E-state index contributed by atoms with van der Waals surface area (Å²) in [6.07, 6.45) is 0.493. The predicted molar refractivity (Wildman–Crippen MR) is 66.1 cm³/mol. The van der Waals surface area contributed by atoms with Gasteiger partial charge in [-0.1, -0.05) is 0 Å². The summed E-state index contributed by atoms with van der Waals surface area (Å²) in [5, 5.41) is 8.84. The lowest BCUT2D eigenvalue weighted by atomic mass is 9.93. The third kappa shape index (κ3) is 4.16. The van der Waals surface area contributed by atoms with Gasteiger partial charge in [-0.2, -0.15) is 5.26 Å². The third-order valence-electron chi connectivity index (χ3n) is 2.37. The standard InChI is InChI=1S/C12H15FN2OS/c1-12(2,8-14)3-4-17(16)11-6-9(13)5-10(15)7-11/h5-7H,3-4,15H2,1-2H3. The van der Waals surface area contributed by atoms with Gasteiger partial charge in [0, 0.05) is 16.3 Å². The third-order valence-corrected chi connectivity index (χ3v) is 3.71. The number of halogens is 1. The minimum atomic E-state index is -1.32. The molecule has 0 amide bonds. The summed E-state index contributed by atoms with van der Waals surface area (Å²) in [4.78, 5) is 0.372. The molecule has 1 rings (SSSR count). The van der Waals surface area contributed by atoms with Gasteiger partial charge in [-0.05, 0) is 38.5 Å². The van der Waals surface area contributed by atoms with Crippen LogP contribution in [-0.2, 0) is 10.8 Å². The number of anilines is 1. The summed E-state index contributed by atoms with van der Waals surface area (Å²) in [6.45, 7) is 3.56. The Morgan fingerprint density at radius 2 is 2.12 bits per heavy atom. The number of nitrogens with two attached hydrogens (primary N) is 1. The topological polar surface area (TPSA) is 66.9 Å². The molecule has 2 N–H and O–H groups in total. The van der Waals surface area contributed by atoms with E-state index in [1.54, 1.807) is 13.8 Å². The zero-order valence-corrected chi connectivity index (χ0v) is 10.7. The molecule has 0 bridgehead atoms. The van der Waals surface area contributed by atoms with E-state index in [1.165, 1.54) is 18.2 Å². The average Bonchev–Trinajstić information content (AvgIpc) is 2.24. The fourth-order valence-corrected chi connectivity index (χ4v) is 2.68. The molecule has 17 heavy (non-hydrogen) atoms. The lowest BCUT2D eigenvalue weighted by Crippen LogP contribution is -2.13. The number of nitriles is 1. The zero-order valence-electron chi connectivity index (χ0n) is 9.87. The molecule has 5 heteroatoms. The van der Waals surface area contributed by atoms with Crippen molar-refractivity contribution in [3.63, 3.8) is 0 Å². The Hall–Kier alpha value is -1.41. The number of hydrogen-bond donors (Lipinski definition) is 1. The van der Waals surface area contributed by atoms with E-state index in [-0.39, 0.29) is 5.69 Å². The molecule has 92 valence electrons. The van der Waals surface area contributed by atoms with E-state index < -0.39 is 22.0 Å². The van der Waals surface area contributed by atoms with Crippen LogP contribution < -0.4 is 5.73 Å². The summed E-state index contributed by atoms with van der Waals surface area (Å²) in [7, 11) is -1.32. The molecule has 0 aliphatic carbocycles. The van der Waals surface area contributed by atoms with Gasteiger partial charge in [-0.15, -0.1) is 0 Å². The second-order valence-corrected chi connectivity index (χ2v) is 6.09. The molecular weight excluding hydrogens is 239 g/mol. The van der Waals surface area contributed by atoms with Crippen LogP contribution in [0, 0.1) is 22.6 Å². The predicted octanol–water partition coefficient (Wildman–Crippen LogP) is 2.46. The summed E-state index contributed by atoms with van der Waals surface area (Å²) in [5.41, 5.74) is 5.22. The minimum absolute atomic E-state index is 0.257. The Morgan fingerprint density at radius 3 is 2.65 bits per heavy atom. The van der Waals surface area contributed by atoms with Gasteiger partial charge in [-0.25, -0.2) is 4.39 Å². The molecule has 1 atom stereocenters. The van der Waals surface area contributed by atoms with E-state index in [0.717, 1.165) is 0 Å². The lowest BCUT2D eigenvalue weighted by molar-refractivity contribution is 0.479. The van der Waals surface area contributed by atoms with Crippen LogP contribution in [0.5, 0.6) is 0 Å². The molecule has 0 aromatic heterocycles. The number of hydrogen-bond acceptors (Lipinski definition) is 3. The van der Waals surface area contributed by atoms with E-state index in [1.807, 2.05) is 0 Å². The maximum atomic E-state index is 13.1. The summed E-state index contributed by atoms with van der Waals surface area (Å²) in [5.74, 6) is -0.170. The van der Waals surface area contributed by atoms with Gasteiger partial charge in [0.1, 0.15) is 5.82 Å². The van der Waals surface area contributed by atoms with Crippen LogP contribution in [0.1, 0.15) is 20.3 Å². The van der Waals surface area contributed by atoms with Gasteiger partial charge in [-0.3, -0.25) is 4.21 Å². The number of benzene rings is 1. The monoisotopic (exact) mass is 254 g/mol. The molecule has 1 aromatic carbocycles. The molecule has 3 nitrogen and oxygen atoms in total. The molecule has 0 aliphatic heterocycles. The van der Waals surface area contributed by atoms with Crippen LogP contribution in [0.25, 0.3) is 0 Å². The number of nitrogens with zero attached hydrogens (tertiary/aromatic N) is 1. The van der Waals surface area contributed by atoms with Gasteiger partial charge in [0.2, 0.25) is 0 Å². The molecule has 0 heterocycles. The quantitative estimate of drug-likeness (QED) is 0.839. The lowest BCUT2D eigenvalue weighted by Gasteiger charge is -2.14.